The van der Waals surface area contributed by atoms with Gasteiger partial charge in [0.05, 0.1) is 0 Å². The molecule has 0 bridgehead atoms. The van der Waals surface area contributed by atoms with Crippen LogP contribution < -0.4 is 0 Å². The molecule has 8 nitrogen and oxygen atoms in total. The van der Waals surface area contributed by atoms with Crippen LogP contribution in [-0.4, -0.2) is 81.6 Å². The molecule has 0 N–H and O–H groups in total. The molecule has 31 heavy (non-hydrogen) atoms. The second-order valence-corrected chi connectivity index (χ2v) is 8.40. The van der Waals surface area contributed by atoms with E-state index < -0.39 is 29.6 Å². The van der Waals surface area contributed by atoms with E-state index in [0.29, 0.717) is 10.6 Å². The van der Waals surface area contributed by atoms with Crippen molar-refractivity contribution in [2.75, 3.05) is 28.2 Å². The molecule has 0 spiro atoms. The number of hydrogen-bond donors (Lipinski definition) is 0. The summed E-state index contributed by atoms with van der Waals surface area (Å²) in [6.07, 6.45) is -0.209. The number of rotatable bonds is 4. The van der Waals surface area contributed by atoms with Crippen molar-refractivity contribution in [3.8, 4) is 0 Å². The fourth-order valence-electron chi connectivity index (χ4n) is 3.24. The molecule has 166 valence electrons. The van der Waals surface area contributed by atoms with Gasteiger partial charge in [0.15, 0.2) is 10.2 Å². The van der Waals surface area contributed by atoms with Gasteiger partial charge in [-0.25, -0.2) is 0 Å². The van der Waals surface area contributed by atoms with Crippen molar-refractivity contribution in [1.82, 2.24) is 19.6 Å². The van der Waals surface area contributed by atoms with Gasteiger partial charge in [-0.2, -0.15) is 0 Å². The molecule has 0 aromatic heterocycles. The molecule has 1 fully saturated rings. The third kappa shape index (κ3) is 5.08. The van der Waals surface area contributed by atoms with Gasteiger partial charge in [0.1, 0.15) is 5.92 Å². The monoisotopic (exact) mass is 482 g/mol. The third-order valence-corrected chi connectivity index (χ3v) is 6.59. The van der Waals surface area contributed by atoms with Crippen LogP contribution >= 0.6 is 36.0 Å². The Hall–Kier alpha value is -2.43. The molecule has 4 amide bonds. The fourth-order valence-corrected chi connectivity index (χ4v) is 3.85. The van der Waals surface area contributed by atoms with E-state index in [1.807, 2.05) is 0 Å². The molecule has 1 aliphatic heterocycles. The fraction of sp³-hybridized carbons (Fsp3) is 0.400. The third-order valence-electron chi connectivity index (χ3n) is 5.26. The standard InChI is InChI=1S/C20H23ClN4O4S2/c1-11(26)22(2)19(30)23(3)15(27)10-14(12-7-6-8-13(21)9-12)16-17(28)24(4)20(31)25(5)18(16)29/h6-9,14,16H,10H2,1-5H3/t14-/m0/s1. The SMILES string of the molecule is CC(=O)N(C)C(=S)N(C)C(=O)C[C@@H](c1cccc(Cl)c1)C1C(=O)N(C)C(=S)N(C)C1=O. The molecule has 1 aliphatic rings. The summed E-state index contributed by atoms with van der Waals surface area (Å²) in [6.45, 7) is 1.33. The molecule has 11 heteroatoms. The Bertz CT molecular complexity index is 946. The van der Waals surface area contributed by atoms with E-state index in [4.69, 9.17) is 36.0 Å². The van der Waals surface area contributed by atoms with E-state index in [-0.39, 0.29) is 22.6 Å². The average molecular weight is 483 g/mol. The second kappa shape index (κ2) is 9.80. The average Bonchev–Trinajstić information content (AvgIpc) is 2.73. The lowest BCUT2D eigenvalue weighted by Crippen LogP contribution is -2.58. The maximum Gasteiger partial charge on any atom is 0.241 e. The molecular weight excluding hydrogens is 460 g/mol. The predicted molar refractivity (Wildman–Crippen MR) is 124 cm³/mol. The first-order chi connectivity index (χ1) is 14.4. The van der Waals surface area contributed by atoms with Crippen LogP contribution in [0.3, 0.4) is 0 Å². The number of benzene rings is 1. The van der Waals surface area contributed by atoms with Gasteiger partial charge >= 0.3 is 0 Å². The number of hydrogen-bond acceptors (Lipinski definition) is 6. The van der Waals surface area contributed by atoms with Crippen molar-refractivity contribution in [1.29, 1.82) is 0 Å². The van der Waals surface area contributed by atoms with Gasteiger partial charge in [0.2, 0.25) is 23.6 Å². The lowest BCUT2D eigenvalue weighted by atomic mass is 9.80. The number of halogens is 1. The molecule has 0 radical (unpaired) electrons. The van der Waals surface area contributed by atoms with Gasteiger partial charge in [-0.15, -0.1) is 0 Å². The zero-order valence-electron chi connectivity index (χ0n) is 17.8. The van der Waals surface area contributed by atoms with Crippen LogP contribution in [0, 0.1) is 5.92 Å². The maximum atomic E-state index is 13.1. The van der Waals surface area contributed by atoms with E-state index in [1.54, 1.807) is 24.3 Å². The number of carbonyl (C=O) groups excluding carboxylic acids is 4. The molecule has 1 saturated heterocycles. The Balaban J connectivity index is 2.45. The van der Waals surface area contributed by atoms with Crippen molar-refractivity contribution >= 4 is 69.9 Å². The van der Waals surface area contributed by atoms with E-state index in [1.165, 1.54) is 49.8 Å². The van der Waals surface area contributed by atoms with Crippen LogP contribution in [0.25, 0.3) is 0 Å². The molecular formula is C20H23ClN4O4S2. The number of amides is 4. The molecule has 1 aromatic carbocycles. The largest absolute Gasteiger partial charge is 0.292 e. The zero-order chi connectivity index (χ0) is 23.6. The first-order valence-corrected chi connectivity index (χ1v) is 10.5. The summed E-state index contributed by atoms with van der Waals surface area (Å²) in [5, 5.41) is 0.505. The summed E-state index contributed by atoms with van der Waals surface area (Å²) in [7, 11) is 5.88. The maximum absolute atomic E-state index is 13.1. The van der Waals surface area contributed by atoms with E-state index in [9.17, 15) is 19.2 Å². The first kappa shape index (κ1) is 24.8. The van der Waals surface area contributed by atoms with Crippen LogP contribution in [0.2, 0.25) is 5.02 Å². The van der Waals surface area contributed by atoms with Crippen LogP contribution in [0.4, 0.5) is 0 Å². The normalized spacial score (nSPS) is 15.7. The van der Waals surface area contributed by atoms with Gasteiger partial charge in [0.25, 0.3) is 0 Å². The topological polar surface area (TPSA) is 81.2 Å². The van der Waals surface area contributed by atoms with Crippen molar-refractivity contribution in [3.05, 3.63) is 34.9 Å². The lowest BCUT2D eigenvalue weighted by molar-refractivity contribution is -0.147. The second-order valence-electron chi connectivity index (χ2n) is 7.23. The molecule has 0 aliphatic carbocycles. The first-order valence-electron chi connectivity index (χ1n) is 9.27. The minimum Gasteiger partial charge on any atom is -0.292 e. The molecule has 1 atom stereocenters. The summed E-state index contributed by atoms with van der Waals surface area (Å²) >= 11 is 16.5. The zero-order valence-corrected chi connectivity index (χ0v) is 20.2. The van der Waals surface area contributed by atoms with Crippen LogP contribution in [-0.2, 0) is 19.2 Å². The van der Waals surface area contributed by atoms with Gasteiger partial charge in [-0.3, -0.25) is 38.8 Å². The van der Waals surface area contributed by atoms with Gasteiger partial charge in [-0.05, 0) is 42.1 Å². The van der Waals surface area contributed by atoms with Gasteiger partial charge < -0.3 is 0 Å². The quantitative estimate of drug-likeness (QED) is 0.481. The van der Waals surface area contributed by atoms with Crippen molar-refractivity contribution in [2.45, 2.75) is 19.3 Å². The van der Waals surface area contributed by atoms with E-state index in [2.05, 4.69) is 0 Å². The van der Waals surface area contributed by atoms with Crippen LogP contribution in [0.1, 0.15) is 24.8 Å². The van der Waals surface area contributed by atoms with Crippen molar-refractivity contribution < 1.29 is 19.2 Å². The number of thiocarbonyl (C=S) groups is 2. The Labute approximate surface area is 196 Å². The molecule has 2 rings (SSSR count). The Morgan fingerprint density at radius 1 is 1.13 bits per heavy atom. The predicted octanol–water partition coefficient (Wildman–Crippen LogP) is 1.87. The molecule has 0 unspecified atom stereocenters. The Morgan fingerprint density at radius 3 is 2.16 bits per heavy atom. The number of nitrogens with zero attached hydrogens (tertiary/aromatic N) is 4. The Morgan fingerprint density at radius 2 is 1.68 bits per heavy atom. The highest BCUT2D eigenvalue weighted by Crippen LogP contribution is 2.35. The van der Waals surface area contributed by atoms with E-state index in [0.717, 1.165) is 4.90 Å². The summed E-state index contributed by atoms with van der Waals surface area (Å²) in [5.41, 5.74) is 0.557. The lowest BCUT2D eigenvalue weighted by Gasteiger charge is -2.39. The highest BCUT2D eigenvalue weighted by atomic mass is 35.5. The summed E-state index contributed by atoms with van der Waals surface area (Å²) < 4.78 is 0. The molecule has 0 saturated carbocycles. The number of carbonyl (C=O) groups is 4. The Kier molecular flexibility index (Phi) is 7.85. The molecule has 1 heterocycles. The summed E-state index contributed by atoms with van der Waals surface area (Å²) in [5.74, 6) is -3.77. The minimum absolute atomic E-state index is 0.0130. The van der Waals surface area contributed by atoms with Crippen LogP contribution in [0.15, 0.2) is 24.3 Å². The summed E-state index contributed by atoms with van der Waals surface area (Å²) in [6, 6.07) is 6.66. The molecule has 1 aromatic rings. The summed E-state index contributed by atoms with van der Waals surface area (Å²) in [4.78, 5) is 55.5. The van der Waals surface area contributed by atoms with Crippen molar-refractivity contribution in [2.24, 2.45) is 5.92 Å². The van der Waals surface area contributed by atoms with Gasteiger partial charge in [-0.1, -0.05) is 23.7 Å². The van der Waals surface area contributed by atoms with Gasteiger partial charge in [0, 0.05) is 52.5 Å². The minimum atomic E-state index is -1.17. The highest BCUT2D eigenvalue weighted by molar-refractivity contribution is 7.80. The smallest absolute Gasteiger partial charge is 0.241 e. The van der Waals surface area contributed by atoms with E-state index >= 15 is 0 Å². The highest BCUT2D eigenvalue weighted by Gasteiger charge is 2.46. The van der Waals surface area contributed by atoms with Crippen LogP contribution in [0.5, 0.6) is 0 Å². The van der Waals surface area contributed by atoms with Crippen molar-refractivity contribution in [3.63, 3.8) is 0 Å².